The van der Waals surface area contributed by atoms with Gasteiger partial charge in [-0.25, -0.2) is 4.98 Å². The molecule has 0 bridgehead atoms. The zero-order valence-corrected chi connectivity index (χ0v) is 18.2. The van der Waals surface area contributed by atoms with Crippen LogP contribution in [-0.2, 0) is 17.6 Å². The van der Waals surface area contributed by atoms with Crippen molar-refractivity contribution >= 4 is 22.5 Å². The van der Waals surface area contributed by atoms with E-state index in [1.807, 2.05) is 48.5 Å². The number of H-pyrrole nitrogens is 1. The van der Waals surface area contributed by atoms with Gasteiger partial charge in [0.1, 0.15) is 5.75 Å². The largest absolute Gasteiger partial charge is 0.508 e. The number of anilines is 1. The van der Waals surface area contributed by atoms with Crippen LogP contribution in [0.1, 0.15) is 29.7 Å². The number of phenols is 1. The molecule has 3 aromatic carbocycles. The van der Waals surface area contributed by atoms with Gasteiger partial charge in [-0.05, 0) is 53.6 Å². The fourth-order valence-electron chi connectivity index (χ4n) is 4.20. The maximum absolute atomic E-state index is 12.8. The van der Waals surface area contributed by atoms with E-state index in [-0.39, 0.29) is 11.7 Å². The van der Waals surface area contributed by atoms with Crippen molar-refractivity contribution in [2.75, 3.05) is 5.32 Å². The minimum absolute atomic E-state index is 0.0470. The molecule has 0 unspecified atom stereocenters. The summed E-state index contributed by atoms with van der Waals surface area (Å²) in [5, 5.41) is 14.8. The molecule has 33 heavy (non-hydrogen) atoms. The van der Waals surface area contributed by atoms with Crippen molar-refractivity contribution in [1.82, 2.24) is 9.97 Å². The molecule has 5 nitrogen and oxygen atoms in total. The number of aromatic nitrogens is 2. The van der Waals surface area contributed by atoms with Crippen LogP contribution in [0.15, 0.2) is 84.9 Å². The van der Waals surface area contributed by atoms with Crippen molar-refractivity contribution in [3.05, 3.63) is 102 Å². The average molecular weight is 436 g/mol. The second-order valence-corrected chi connectivity index (χ2v) is 8.29. The SMILES string of the molecule is O=C(CCCc1ccccc1)Nc1nc2cc3cc(O)ccc3c-2[nH]c1Cc1ccccc1. The molecule has 0 radical (unpaired) electrons. The lowest BCUT2D eigenvalue weighted by molar-refractivity contribution is -0.116. The highest BCUT2D eigenvalue weighted by Crippen LogP contribution is 2.35. The van der Waals surface area contributed by atoms with Crippen LogP contribution in [0.4, 0.5) is 5.82 Å². The third-order valence-corrected chi connectivity index (χ3v) is 5.84. The highest BCUT2D eigenvalue weighted by molar-refractivity contribution is 6.01. The number of benzene rings is 3. The summed E-state index contributed by atoms with van der Waals surface area (Å²) in [6, 6.07) is 27.5. The quantitative estimate of drug-likeness (QED) is 0.297. The monoisotopic (exact) mass is 435 g/mol. The number of hydrogen-bond acceptors (Lipinski definition) is 3. The number of carbonyl (C=O) groups is 1. The first-order chi connectivity index (χ1) is 16.2. The summed E-state index contributed by atoms with van der Waals surface area (Å²) in [5.74, 6) is 0.721. The van der Waals surface area contributed by atoms with Crippen molar-refractivity contribution in [2.24, 2.45) is 0 Å². The zero-order valence-electron chi connectivity index (χ0n) is 18.2. The Hall–Kier alpha value is -4.12. The number of aromatic amines is 1. The molecule has 1 aliphatic heterocycles. The van der Waals surface area contributed by atoms with Crippen LogP contribution >= 0.6 is 0 Å². The molecule has 1 heterocycles. The Labute approximate surface area is 192 Å². The van der Waals surface area contributed by atoms with E-state index in [9.17, 15) is 9.90 Å². The number of nitrogens with zero attached hydrogens (tertiary/aromatic N) is 1. The number of fused-ring (bicyclic) bond motifs is 3. The van der Waals surface area contributed by atoms with E-state index in [4.69, 9.17) is 4.98 Å². The van der Waals surface area contributed by atoms with E-state index >= 15 is 0 Å². The molecule has 0 spiro atoms. The second kappa shape index (κ2) is 9.17. The fraction of sp³-hybridized carbons (Fsp3) is 0.143. The number of carbonyl (C=O) groups excluding carboxylic acids is 1. The summed E-state index contributed by atoms with van der Waals surface area (Å²) in [6.45, 7) is 0. The summed E-state index contributed by atoms with van der Waals surface area (Å²) in [4.78, 5) is 21.1. The van der Waals surface area contributed by atoms with E-state index < -0.39 is 0 Å². The topological polar surface area (TPSA) is 78.0 Å². The number of phenolic OH excluding ortho intramolecular Hbond substituents is 1. The smallest absolute Gasteiger partial charge is 0.225 e. The van der Waals surface area contributed by atoms with Crippen molar-refractivity contribution in [3.8, 4) is 17.1 Å². The Kier molecular flexibility index (Phi) is 5.77. The number of aromatic hydroxyl groups is 1. The van der Waals surface area contributed by atoms with Crippen LogP contribution in [0, 0.1) is 0 Å². The fourth-order valence-corrected chi connectivity index (χ4v) is 4.20. The van der Waals surface area contributed by atoms with Gasteiger partial charge in [0.2, 0.25) is 5.91 Å². The molecule has 2 aliphatic rings. The van der Waals surface area contributed by atoms with Gasteiger partial charge in [0.05, 0.1) is 17.1 Å². The molecule has 0 saturated carbocycles. The summed E-state index contributed by atoms with van der Waals surface area (Å²) < 4.78 is 0. The lowest BCUT2D eigenvalue weighted by Crippen LogP contribution is -2.16. The maximum Gasteiger partial charge on any atom is 0.225 e. The summed E-state index contributed by atoms with van der Waals surface area (Å²) in [7, 11) is 0. The number of amides is 1. The molecule has 1 amide bonds. The van der Waals surface area contributed by atoms with Gasteiger partial charge in [-0.1, -0.05) is 60.7 Å². The lowest BCUT2D eigenvalue weighted by Gasteiger charge is -2.14. The maximum atomic E-state index is 12.8. The van der Waals surface area contributed by atoms with Crippen LogP contribution in [0.3, 0.4) is 0 Å². The minimum atomic E-state index is -0.0470. The van der Waals surface area contributed by atoms with E-state index in [1.165, 1.54) is 5.56 Å². The Balaban J connectivity index is 1.42. The van der Waals surface area contributed by atoms with Gasteiger partial charge >= 0.3 is 0 Å². The Bertz CT molecular complexity index is 1360. The van der Waals surface area contributed by atoms with Gasteiger partial charge in [0, 0.05) is 18.2 Å². The first-order valence-electron chi connectivity index (χ1n) is 11.2. The summed E-state index contributed by atoms with van der Waals surface area (Å²) >= 11 is 0. The molecule has 0 fully saturated rings. The molecular formula is C28H25N3O2. The van der Waals surface area contributed by atoms with E-state index in [1.54, 1.807) is 12.1 Å². The van der Waals surface area contributed by atoms with Gasteiger partial charge in [-0.2, -0.15) is 0 Å². The zero-order chi connectivity index (χ0) is 22.6. The molecule has 1 aliphatic carbocycles. The standard InChI is InChI=1S/C28H25N3O2/c32-22-14-15-23-21(17-22)18-24-27(23)29-25(16-20-10-5-2-6-11-20)28(30-24)31-26(33)13-7-12-19-8-3-1-4-9-19/h1-6,8-11,14-15,17-18,29,32H,7,12-13,16H2,(H,31,33). The van der Waals surface area contributed by atoms with Crippen molar-refractivity contribution in [3.63, 3.8) is 0 Å². The first-order valence-corrected chi connectivity index (χ1v) is 11.2. The molecule has 164 valence electrons. The first kappa shape index (κ1) is 20.8. The Morgan fingerprint density at radius 1 is 0.909 bits per heavy atom. The van der Waals surface area contributed by atoms with Crippen molar-refractivity contribution < 1.29 is 9.90 Å². The van der Waals surface area contributed by atoms with Crippen molar-refractivity contribution in [2.45, 2.75) is 25.7 Å². The molecule has 5 heteroatoms. The number of rotatable bonds is 7. The van der Waals surface area contributed by atoms with E-state index in [2.05, 4.69) is 34.6 Å². The molecular weight excluding hydrogens is 410 g/mol. The minimum Gasteiger partial charge on any atom is -0.508 e. The highest BCUT2D eigenvalue weighted by atomic mass is 16.3. The van der Waals surface area contributed by atoms with Crippen LogP contribution < -0.4 is 5.32 Å². The molecule has 5 rings (SSSR count). The van der Waals surface area contributed by atoms with Gasteiger partial charge in [0.15, 0.2) is 5.82 Å². The average Bonchev–Trinajstić information content (AvgIpc) is 3.16. The van der Waals surface area contributed by atoms with Gasteiger partial charge in [-0.15, -0.1) is 0 Å². The molecule has 0 atom stereocenters. The van der Waals surface area contributed by atoms with Gasteiger partial charge in [-0.3, -0.25) is 4.79 Å². The van der Waals surface area contributed by atoms with Crippen molar-refractivity contribution in [1.29, 1.82) is 0 Å². The summed E-state index contributed by atoms with van der Waals surface area (Å²) in [6.07, 6.45) is 2.68. The van der Waals surface area contributed by atoms with E-state index in [0.29, 0.717) is 18.7 Å². The van der Waals surface area contributed by atoms with Crippen LogP contribution in [0.2, 0.25) is 0 Å². The van der Waals surface area contributed by atoms with Crippen LogP contribution in [0.25, 0.3) is 22.2 Å². The van der Waals surface area contributed by atoms with Gasteiger partial charge < -0.3 is 15.4 Å². The van der Waals surface area contributed by atoms with Crippen LogP contribution in [-0.4, -0.2) is 21.0 Å². The normalized spacial score (nSPS) is 11.2. The Morgan fingerprint density at radius 2 is 1.64 bits per heavy atom. The number of hydrogen-bond donors (Lipinski definition) is 3. The second-order valence-electron chi connectivity index (χ2n) is 8.29. The lowest BCUT2D eigenvalue weighted by atomic mass is 10.1. The number of nitrogens with one attached hydrogen (secondary N) is 2. The van der Waals surface area contributed by atoms with E-state index in [0.717, 1.165) is 46.3 Å². The molecule has 3 N–H and O–H groups in total. The third-order valence-electron chi connectivity index (χ3n) is 5.84. The molecule has 0 saturated heterocycles. The van der Waals surface area contributed by atoms with Crippen LogP contribution in [0.5, 0.6) is 5.75 Å². The third kappa shape index (κ3) is 4.72. The predicted octanol–water partition coefficient (Wildman–Crippen LogP) is 5.93. The molecule has 0 aromatic heterocycles. The van der Waals surface area contributed by atoms with Gasteiger partial charge in [0.25, 0.3) is 0 Å². The molecule has 3 aromatic rings. The summed E-state index contributed by atoms with van der Waals surface area (Å²) in [5.41, 5.74) is 4.87. The highest BCUT2D eigenvalue weighted by Gasteiger charge is 2.18. The predicted molar refractivity (Wildman–Crippen MR) is 132 cm³/mol. The Morgan fingerprint density at radius 3 is 2.39 bits per heavy atom. The number of aryl methyl sites for hydroxylation is 1.